The summed E-state index contributed by atoms with van der Waals surface area (Å²) < 4.78 is 5.94. The van der Waals surface area contributed by atoms with E-state index in [-0.39, 0.29) is 0 Å². The van der Waals surface area contributed by atoms with Crippen LogP contribution in [0, 0.1) is 0 Å². The summed E-state index contributed by atoms with van der Waals surface area (Å²) >= 11 is 1.95. The molecule has 0 heterocycles. The number of rotatable bonds is 8. The predicted molar refractivity (Wildman–Crippen MR) is 80.9 cm³/mol. The fourth-order valence-corrected chi connectivity index (χ4v) is 3.20. The SMILES string of the molecule is CSC1(CNCC(O)COc2ccccc2)CCC1. The number of thioether (sulfide) groups is 1. The lowest BCUT2D eigenvalue weighted by atomic mass is 9.84. The quantitative estimate of drug-likeness (QED) is 0.767. The van der Waals surface area contributed by atoms with Crippen LogP contribution in [0.4, 0.5) is 0 Å². The van der Waals surface area contributed by atoms with Crippen molar-refractivity contribution in [2.45, 2.75) is 30.1 Å². The van der Waals surface area contributed by atoms with Crippen molar-refractivity contribution in [3.8, 4) is 5.75 Å². The van der Waals surface area contributed by atoms with Gasteiger partial charge in [0.2, 0.25) is 0 Å². The molecule has 1 saturated carbocycles. The Balaban J connectivity index is 1.61. The number of nitrogens with one attached hydrogen (secondary N) is 1. The van der Waals surface area contributed by atoms with Crippen LogP contribution in [0.5, 0.6) is 5.75 Å². The van der Waals surface area contributed by atoms with Crippen LogP contribution in [0.3, 0.4) is 0 Å². The van der Waals surface area contributed by atoms with E-state index in [0.717, 1.165) is 12.3 Å². The van der Waals surface area contributed by atoms with Gasteiger partial charge >= 0.3 is 0 Å². The number of para-hydroxylation sites is 1. The molecule has 1 aromatic carbocycles. The van der Waals surface area contributed by atoms with Crippen molar-refractivity contribution in [3.05, 3.63) is 30.3 Å². The van der Waals surface area contributed by atoms with E-state index in [1.165, 1.54) is 19.3 Å². The van der Waals surface area contributed by atoms with Gasteiger partial charge < -0.3 is 15.2 Å². The molecule has 1 aliphatic rings. The van der Waals surface area contributed by atoms with Crippen LogP contribution >= 0.6 is 11.8 Å². The highest BCUT2D eigenvalue weighted by Gasteiger charge is 2.35. The molecule has 0 aliphatic heterocycles. The Morgan fingerprint density at radius 2 is 2.11 bits per heavy atom. The first kappa shape index (κ1) is 14.7. The Hall–Kier alpha value is -0.710. The average molecular weight is 281 g/mol. The Morgan fingerprint density at radius 1 is 1.37 bits per heavy atom. The van der Waals surface area contributed by atoms with Crippen LogP contribution < -0.4 is 10.1 Å². The third-order valence-corrected chi connectivity index (χ3v) is 5.13. The van der Waals surface area contributed by atoms with Gasteiger partial charge in [0.25, 0.3) is 0 Å². The molecule has 1 atom stereocenters. The molecule has 1 aliphatic carbocycles. The number of aliphatic hydroxyl groups excluding tert-OH is 1. The highest BCUT2D eigenvalue weighted by Crippen LogP contribution is 2.42. The summed E-state index contributed by atoms with van der Waals surface area (Å²) in [6, 6.07) is 9.61. The number of ether oxygens (including phenoxy) is 1. The summed E-state index contributed by atoms with van der Waals surface area (Å²) in [4.78, 5) is 0. The lowest BCUT2D eigenvalue weighted by Gasteiger charge is -2.40. The van der Waals surface area contributed by atoms with Gasteiger partial charge in [0.15, 0.2) is 0 Å². The zero-order valence-electron chi connectivity index (χ0n) is 11.5. The molecule has 0 saturated heterocycles. The van der Waals surface area contributed by atoms with Crippen molar-refractivity contribution in [2.24, 2.45) is 0 Å². The van der Waals surface area contributed by atoms with E-state index in [1.807, 2.05) is 42.1 Å². The van der Waals surface area contributed by atoms with E-state index >= 15 is 0 Å². The Kier molecular flexibility index (Phi) is 5.55. The summed E-state index contributed by atoms with van der Waals surface area (Å²) in [7, 11) is 0. The molecule has 1 aromatic rings. The molecule has 1 fully saturated rings. The van der Waals surface area contributed by atoms with Crippen LogP contribution in [0.15, 0.2) is 30.3 Å². The van der Waals surface area contributed by atoms with E-state index in [0.29, 0.717) is 17.9 Å². The third-order valence-electron chi connectivity index (χ3n) is 3.71. The van der Waals surface area contributed by atoms with Gasteiger partial charge in [0, 0.05) is 17.8 Å². The first-order valence-corrected chi connectivity index (χ1v) is 8.08. The molecular weight excluding hydrogens is 258 g/mol. The van der Waals surface area contributed by atoms with Crippen LogP contribution in [0.2, 0.25) is 0 Å². The van der Waals surface area contributed by atoms with Crippen molar-refractivity contribution in [3.63, 3.8) is 0 Å². The maximum atomic E-state index is 9.88. The van der Waals surface area contributed by atoms with Gasteiger partial charge in [0.05, 0.1) is 0 Å². The van der Waals surface area contributed by atoms with E-state index in [9.17, 15) is 5.11 Å². The molecule has 4 heteroatoms. The third kappa shape index (κ3) is 4.41. The molecule has 106 valence electrons. The molecular formula is C15H23NO2S. The van der Waals surface area contributed by atoms with E-state index in [2.05, 4.69) is 11.6 Å². The molecule has 0 amide bonds. The second-order valence-corrected chi connectivity index (χ2v) is 6.42. The van der Waals surface area contributed by atoms with Gasteiger partial charge in [-0.3, -0.25) is 0 Å². The van der Waals surface area contributed by atoms with Crippen LogP contribution in [0.1, 0.15) is 19.3 Å². The zero-order valence-corrected chi connectivity index (χ0v) is 12.3. The molecule has 0 radical (unpaired) electrons. The molecule has 3 nitrogen and oxygen atoms in total. The van der Waals surface area contributed by atoms with Gasteiger partial charge in [-0.15, -0.1) is 0 Å². The van der Waals surface area contributed by atoms with Crippen molar-refractivity contribution in [1.82, 2.24) is 5.32 Å². The summed E-state index contributed by atoms with van der Waals surface area (Å²) in [5, 5.41) is 13.2. The number of hydrogen-bond donors (Lipinski definition) is 2. The standard InChI is InChI=1S/C15H23NO2S/c1-19-15(8-5-9-15)12-16-10-13(17)11-18-14-6-3-2-4-7-14/h2-4,6-7,13,16-17H,5,8-12H2,1H3. The van der Waals surface area contributed by atoms with E-state index < -0.39 is 6.10 Å². The smallest absolute Gasteiger partial charge is 0.119 e. The minimum atomic E-state index is -0.459. The lowest BCUT2D eigenvalue weighted by Crippen LogP contribution is -2.45. The van der Waals surface area contributed by atoms with Gasteiger partial charge in [-0.1, -0.05) is 24.6 Å². The van der Waals surface area contributed by atoms with Gasteiger partial charge in [-0.05, 0) is 31.2 Å². The second kappa shape index (κ2) is 7.17. The van der Waals surface area contributed by atoms with Gasteiger partial charge in [-0.2, -0.15) is 11.8 Å². The maximum Gasteiger partial charge on any atom is 0.119 e. The van der Waals surface area contributed by atoms with Crippen molar-refractivity contribution in [1.29, 1.82) is 0 Å². The van der Waals surface area contributed by atoms with Gasteiger partial charge in [-0.25, -0.2) is 0 Å². The molecule has 2 N–H and O–H groups in total. The van der Waals surface area contributed by atoms with Crippen LogP contribution in [-0.4, -0.2) is 41.9 Å². The summed E-state index contributed by atoms with van der Waals surface area (Å²) in [6.45, 7) is 1.91. The van der Waals surface area contributed by atoms with Crippen molar-refractivity contribution >= 4 is 11.8 Å². The first-order chi connectivity index (χ1) is 9.24. The summed E-state index contributed by atoms with van der Waals surface area (Å²) in [5.74, 6) is 0.807. The Bertz CT molecular complexity index is 362. The first-order valence-electron chi connectivity index (χ1n) is 6.86. The topological polar surface area (TPSA) is 41.5 Å². The second-order valence-electron chi connectivity index (χ2n) is 5.15. The fraction of sp³-hybridized carbons (Fsp3) is 0.600. The average Bonchev–Trinajstić information content (AvgIpc) is 2.41. The largest absolute Gasteiger partial charge is 0.491 e. The van der Waals surface area contributed by atoms with Crippen molar-refractivity contribution < 1.29 is 9.84 Å². The number of aliphatic hydroxyl groups is 1. The van der Waals surface area contributed by atoms with E-state index in [4.69, 9.17) is 4.74 Å². The van der Waals surface area contributed by atoms with Crippen LogP contribution in [0.25, 0.3) is 0 Å². The normalized spacial score (nSPS) is 18.6. The maximum absolute atomic E-state index is 9.88. The summed E-state index contributed by atoms with van der Waals surface area (Å²) in [6.07, 6.45) is 5.63. The predicted octanol–water partition coefficient (Wildman–Crippen LogP) is 2.30. The molecule has 19 heavy (non-hydrogen) atoms. The Morgan fingerprint density at radius 3 is 2.68 bits per heavy atom. The molecule has 1 unspecified atom stereocenters. The number of hydrogen-bond acceptors (Lipinski definition) is 4. The van der Waals surface area contributed by atoms with Gasteiger partial charge in [0.1, 0.15) is 18.5 Å². The van der Waals surface area contributed by atoms with Crippen LogP contribution in [-0.2, 0) is 0 Å². The highest BCUT2D eigenvalue weighted by atomic mass is 32.2. The minimum Gasteiger partial charge on any atom is -0.491 e. The van der Waals surface area contributed by atoms with E-state index in [1.54, 1.807) is 0 Å². The molecule has 0 spiro atoms. The highest BCUT2D eigenvalue weighted by molar-refractivity contribution is 8.00. The van der Waals surface area contributed by atoms with Crippen molar-refractivity contribution in [2.75, 3.05) is 26.0 Å². The molecule has 2 rings (SSSR count). The number of benzene rings is 1. The minimum absolute atomic E-state index is 0.337. The summed E-state index contributed by atoms with van der Waals surface area (Å²) in [5.41, 5.74) is 0. The monoisotopic (exact) mass is 281 g/mol. The lowest BCUT2D eigenvalue weighted by molar-refractivity contribution is 0.105. The Labute approximate surface area is 119 Å². The zero-order chi connectivity index (χ0) is 13.6. The molecule has 0 bridgehead atoms. The fourth-order valence-electron chi connectivity index (χ4n) is 2.26. The molecule has 0 aromatic heterocycles.